The Morgan fingerprint density at radius 1 is 1.29 bits per heavy atom. The van der Waals surface area contributed by atoms with Crippen LogP contribution in [0.25, 0.3) is 0 Å². The Kier molecular flexibility index (Phi) is 5.90. The Morgan fingerprint density at radius 2 is 1.90 bits per heavy atom. The van der Waals surface area contributed by atoms with Crippen LogP contribution in [0, 0.1) is 19.8 Å². The number of nitrogens with two attached hydrogens (primary N) is 1. The number of rotatable bonds is 5. The SMILES string of the molecule is Cc1cccc(NC(=O)CN(C)C(=O)[C@@H](N)C(C)C)c1C. The normalized spacial score (nSPS) is 12.1. The van der Waals surface area contributed by atoms with Gasteiger partial charge in [0, 0.05) is 12.7 Å². The molecule has 1 atom stereocenters. The summed E-state index contributed by atoms with van der Waals surface area (Å²) in [4.78, 5) is 25.4. The number of carbonyl (C=O) groups is 2. The smallest absolute Gasteiger partial charge is 0.243 e. The topological polar surface area (TPSA) is 75.4 Å². The number of amides is 2. The van der Waals surface area contributed by atoms with Gasteiger partial charge < -0.3 is 16.0 Å². The highest BCUT2D eigenvalue weighted by Gasteiger charge is 2.22. The first-order valence-corrected chi connectivity index (χ1v) is 7.10. The van der Waals surface area contributed by atoms with Gasteiger partial charge in [0.25, 0.3) is 0 Å². The van der Waals surface area contributed by atoms with Gasteiger partial charge in [0.05, 0.1) is 12.6 Å². The third kappa shape index (κ3) is 4.56. The van der Waals surface area contributed by atoms with E-state index in [4.69, 9.17) is 5.73 Å². The van der Waals surface area contributed by atoms with Crippen molar-refractivity contribution in [2.24, 2.45) is 11.7 Å². The average molecular weight is 291 g/mol. The van der Waals surface area contributed by atoms with Crippen LogP contribution in [0.4, 0.5) is 5.69 Å². The molecule has 0 spiro atoms. The van der Waals surface area contributed by atoms with Gasteiger partial charge in [-0.1, -0.05) is 26.0 Å². The van der Waals surface area contributed by atoms with Gasteiger partial charge in [-0.3, -0.25) is 9.59 Å². The molecule has 116 valence electrons. The van der Waals surface area contributed by atoms with Crippen molar-refractivity contribution in [2.75, 3.05) is 18.9 Å². The minimum Gasteiger partial charge on any atom is -0.335 e. The van der Waals surface area contributed by atoms with Crippen LogP contribution in [0.2, 0.25) is 0 Å². The Balaban J connectivity index is 2.65. The summed E-state index contributed by atoms with van der Waals surface area (Å²) < 4.78 is 0. The molecule has 5 heteroatoms. The molecule has 0 radical (unpaired) electrons. The second-order valence-electron chi connectivity index (χ2n) is 5.76. The number of anilines is 1. The van der Waals surface area contributed by atoms with Crippen LogP contribution in [-0.4, -0.2) is 36.3 Å². The van der Waals surface area contributed by atoms with Gasteiger partial charge in [-0.25, -0.2) is 0 Å². The van der Waals surface area contributed by atoms with Crippen LogP contribution < -0.4 is 11.1 Å². The van der Waals surface area contributed by atoms with Crippen molar-refractivity contribution in [3.05, 3.63) is 29.3 Å². The summed E-state index contributed by atoms with van der Waals surface area (Å²) in [5.74, 6) is -0.404. The highest BCUT2D eigenvalue weighted by molar-refractivity contribution is 5.95. The Morgan fingerprint density at radius 3 is 2.48 bits per heavy atom. The number of hydrogen-bond donors (Lipinski definition) is 2. The van der Waals surface area contributed by atoms with E-state index in [0.717, 1.165) is 16.8 Å². The van der Waals surface area contributed by atoms with E-state index in [1.54, 1.807) is 7.05 Å². The summed E-state index contributed by atoms with van der Waals surface area (Å²) in [6, 6.07) is 5.15. The molecule has 1 rings (SSSR count). The van der Waals surface area contributed by atoms with Gasteiger partial charge in [0.1, 0.15) is 0 Å². The van der Waals surface area contributed by atoms with Gasteiger partial charge in [-0.05, 0) is 37.0 Å². The van der Waals surface area contributed by atoms with Gasteiger partial charge in [0.15, 0.2) is 0 Å². The second kappa shape index (κ2) is 7.22. The van der Waals surface area contributed by atoms with Crippen molar-refractivity contribution in [1.82, 2.24) is 4.90 Å². The third-order valence-corrected chi connectivity index (χ3v) is 3.64. The highest BCUT2D eigenvalue weighted by atomic mass is 16.2. The van der Waals surface area contributed by atoms with Gasteiger partial charge in [-0.15, -0.1) is 0 Å². The minimum absolute atomic E-state index is 0.00731. The van der Waals surface area contributed by atoms with Crippen molar-refractivity contribution >= 4 is 17.5 Å². The zero-order valence-electron chi connectivity index (χ0n) is 13.4. The lowest BCUT2D eigenvalue weighted by molar-refractivity contribution is -0.135. The molecule has 0 aromatic heterocycles. The maximum absolute atomic E-state index is 12.0. The monoisotopic (exact) mass is 291 g/mol. The van der Waals surface area contributed by atoms with Crippen LogP contribution in [0.3, 0.4) is 0 Å². The van der Waals surface area contributed by atoms with Crippen molar-refractivity contribution < 1.29 is 9.59 Å². The summed E-state index contributed by atoms with van der Waals surface area (Å²) in [5.41, 5.74) is 8.72. The first-order valence-electron chi connectivity index (χ1n) is 7.10. The second-order valence-corrected chi connectivity index (χ2v) is 5.76. The predicted molar refractivity (Wildman–Crippen MR) is 85.0 cm³/mol. The maximum atomic E-state index is 12.0. The summed E-state index contributed by atoms with van der Waals surface area (Å²) >= 11 is 0. The minimum atomic E-state index is -0.580. The van der Waals surface area contributed by atoms with E-state index >= 15 is 0 Å². The fourth-order valence-electron chi connectivity index (χ4n) is 1.91. The highest BCUT2D eigenvalue weighted by Crippen LogP contribution is 2.17. The molecule has 0 aliphatic heterocycles. The third-order valence-electron chi connectivity index (χ3n) is 3.64. The van der Waals surface area contributed by atoms with E-state index in [1.165, 1.54) is 4.90 Å². The number of likely N-dealkylation sites (N-methyl/N-ethyl adjacent to an activating group) is 1. The van der Waals surface area contributed by atoms with Crippen molar-refractivity contribution in [3.63, 3.8) is 0 Å². The summed E-state index contributed by atoms with van der Waals surface area (Å²) in [5, 5.41) is 2.83. The summed E-state index contributed by atoms with van der Waals surface area (Å²) in [6.07, 6.45) is 0. The van der Waals surface area contributed by atoms with Crippen LogP contribution in [0.1, 0.15) is 25.0 Å². The van der Waals surface area contributed by atoms with E-state index in [-0.39, 0.29) is 24.3 Å². The fourth-order valence-corrected chi connectivity index (χ4v) is 1.91. The molecule has 0 saturated heterocycles. The first-order chi connectivity index (χ1) is 9.73. The Bertz CT molecular complexity index is 526. The molecule has 21 heavy (non-hydrogen) atoms. The van der Waals surface area contributed by atoms with Crippen molar-refractivity contribution in [1.29, 1.82) is 0 Å². The zero-order chi connectivity index (χ0) is 16.2. The molecule has 0 fully saturated rings. The molecule has 1 aromatic carbocycles. The number of benzene rings is 1. The van der Waals surface area contributed by atoms with Crippen LogP contribution >= 0.6 is 0 Å². The quantitative estimate of drug-likeness (QED) is 0.866. The maximum Gasteiger partial charge on any atom is 0.243 e. The summed E-state index contributed by atoms with van der Waals surface area (Å²) in [7, 11) is 1.59. The number of nitrogens with zero attached hydrogens (tertiary/aromatic N) is 1. The van der Waals surface area contributed by atoms with Crippen LogP contribution in [0.5, 0.6) is 0 Å². The Hall–Kier alpha value is -1.88. The molecule has 0 aliphatic rings. The lowest BCUT2D eigenvalue weighted by Gasteiger charge is -2.23. The zero-order valence-corrected chi connectivity index (χ0v) is 13.4. The largest absolute Gasteiger partial charge is 0.335 e. The number of aryl methyl sites for hydroxylation is 1. The number of nitrogens with one attached hydrogen (secondary N) is 1. The number of carbonyl (C=O) groups excluding carboxylic acids is 2. The molecule has 0 aliphatic carbocycles. The van der Waals surface area contributed by atoms with Gasteiger partial charge in [-0.2, -0.15) is 0 Å². The van der Waals surface area contributed by atoms with Crippen LogP contribution in [-0.2, 0) is 9.59 Å². The molecule has 0 bridgehead atoms. The standard InChI is InChI=1S/C16H25N3O2/c1-10(2)15(17)16(21)19(5)9-14(20)18-13-8-6-7-11(3)12(13)4/h6-8,10,15H,9,17H2,1-5H3,(H,18,20)/t15-/m0/s1. The first kappa shape index (κ1) is 17.2. The average Bonchev–Trinajstić information content (AvgIpc) is 2.41. The molecule has 5 nitrogen and oxygen atoms in total. The molecular weight excluding hydrogens is 266 g/mol. The lowest BCUT2D eigenvalue weighted by atomic mass is 10.0. The van der Waals surface area contributed by atoms with E-state index in [0.29, 0.717) is 0 Å². The predicted octanol–water partition coefficient (Wildman–Crippen LogP) is 1.68. The van der Waals surface area contributed by atoms with E-state index in [9.17, 15) is 9.59 Å². The van der Waals surface area contributed by atoms with Gasteiger partial charge >= 0.3 is 0 Å². The van der Waals surface area contributed by atoms with E-state index in [2.05, 4.69) is 5.32 Å². The molecule has 0 saturated carbocycles. The van der Waals surface area contributed by atoms with Gasteiger partial charge in [0.2, 0.25) is 11.8 Å². The fraction of sp³-hybridized carbons (Fsp3) is 0.500. The van der Waals surface area contributed by atoms with Crippen molar-refractivity contribution in [2.45, 2.75) is 33.7 Å². The van der Waals surface area contributed by atoms with E-state index in [1.807, 2.05) is 45.9 Å². The molecule has 0 heterocycles. The van der Waals surface area contributed by atoms with Crippen LogP contribution in [0.15, 0.2) is 18.2 Å². The van der Waals surface area contributed by atoms with Crippen molar-refractivity contribution in [3.8, 4) is 0 Å². The van der Waals surface area contributed by atoms with E-state index < -0.39 is 6.04 Å². The molecule has 2 amide bonds. The Labute approximate surface area is 126 Å². The summed E-state index contributed by atoms with van der Waals surface area (Å²) in [6.45, 7) is 7.70. The molecule has 3 N–H and O–H groups in total. The molecular formula is C16H25N3O2. The molecule has 1 aromatic rings. The molecule has 0 unspecified atom stereocenters. The number of hydrogen-bond acceptors (Lipinski definition) is 3. The lowest BCUT2D eigenvalue weighted by Crippen LogP contribution is -2.47.